The Hall–Kier alpha value is -1.22. The average molecular weight is 221 g/mol. The fourth-order valence-corrected chi connectivity index (χ4v) is 2.54. The molecule has 2 rings (SSSR count). The second-order valence-electron chi connectivity index (χ2n) is 4.65. The lowest BCUT2D eigenvalue weighted by molar-refractivity contribution is 0.242. The lowest BCUT2D eigenvalue weighted by atomic mass is 9.64. The average Bonchev–Trinajstić information content (AvgIpc) is 2.21. The van der Waals surface area contributed by atoms with Gasteiger partial charge in [-0.1, -0.05) is 18.6 Å². The number of phenols is 1. The highest BCUT2D eigenvalue weighted by Crippen LogP contribution is 2.49. The van der Waals surface area contributed by atoms with Crippen LogP contribution < -0.4 is 10.5 Å². The van der Waals surface area contributed by atoms with Gasteiger partial charge in [-0.3, -0.25) is 0 Å². The van der Waals surface area contributed by atoms with Gasteiger partial charge in [0.25, 0.3) is 0 Å². The Bertz CT molecular complexity index is 392. The van der Waals surface area contributed by atoms with Crippen molar-refractivity contribution >= 4 is 0 Å². The zero-order chi connectivity index (χ0) is 11.8. The molecule has 16 heavy (non-hydrogen) atoms. The molecule has 1 aliphatic carbocycles. The molecule has 1 aromatic carbocycles. The van der Waals surface area contributed by atoms with Crippen LogP contribution in [0, 0.1) is 6.92 Å². The zero-order valence-corrected chi connectivity index (χ0v) is 9.92. The van der Waals surface area contributed by atoms with E-state index in [4.69, 9.17) is 10.5 Å². The van der Waals surface area contributed by atoms with Crippen molar-refractivity contribution in [3.8, 4) is 11.5 Å². The fourth-order valence-electron chi connectivity index (χ4n) is 2.54. The first-order valence-electron chi connectivity index (χ1n) is 5.72. The van der Waals surface area contributed by atoms with Crippen LogP contribution in [-0.4, -0.2) is 18.8 Å². The molecule has 0 aromatic heterocycles. The summed E-state index contributed by atoms with van der Waals surface area (Å²) in [5.41, 5.74) is 7.73. The fraction of sp³-hybridized carbons (Fsp3) is 0.538. The first kappa shape index (κ1) is 11.3. The Kier molecular flexibility index (Phi) is 2.80. The molecule has 3 N–H and O–H groups in total. The van der Waals surface area contributed by atoms with Crippen LogP contribution in [0.5, 0.6) is 11.5 Å². The highest BCUT2D eigenvalue weighted by Gasteiger charge is 2.40. The molecule has 0 heterocycles. The van der Waals surface area contributed by atoms with Crippen LogP contribution in [0.3, 0.4) is 0 Å². The third-order valence-corrected chi connectivity index (χ3v) is 3.81. The first-order chi connectivity index (χ1) is 7.64. The monoisotopic (exact) mass is 221 g/mol. The number of ether oxygens (including phenoxy) is 1. The van der Waals surface area contributed by atoms with Crippen molar-refractivity contribution in [2.24, 2.45) is 5.73 Å². The van der Waals surface area contributed by atoms with Gasteiger partial charge >= 0.3 is 0 Å². The second kappa shape index (κ2) is 3.98. The Morgan fingerprint density at radius 1 is 1.44 bits per heavy atom. The van der Waals surface area contributed by atoms with Crippen LogP contribution in [0.15, 0.2) is 12.1 Å². The van der Waals surface area contributed by atoms with Gasteiger partial charge in [-0.25, -0.2) is 0 Å². The standard InChI is InChI=1S/C13H19NO2/c1-9-4-5-10(11(15)12(9)16-2)13(8-14)6-3-7-13/h4-5,15H,3,6-8,14H2,1-2H3. The molecule has 0 aliphatic heterocycles. The summed E-state index contributed by atoms with van der Waals surface area (Å²) in [5.74, 6) is 0.852. The molecule has 1 aromatic rings. The molecule has 1 saturated carbocycles. The maximum absolute atomic E-state index is 10.2. The Balaban J connectivity index is 2.49. The van der Waals surface area contributed by atoms with Crippen molar-refractivity contribution < 1.29 is 9.84 Å². The van der Waals surface area contributed by atoms with E-state index in [1.165, 1.54) is 6.42 Å². The van der Waals surface area contributed by atoms with Gasteiger partial charge in [0, 0.05) is 17.5 Å². The summed E-state index contributed by atoms with van der Waals surface area (Å²) in [6.07, 6.45) is 3.30. The van der Waals surface area contributed by atoms with Crippen molar-refractivity contribution in [2.45, 2.75) is 31.6 Å². The third-order valence-electron chi connectivity index (χ3n) is 3.81. The van der Waals surface area contributed by atoms with Gasteiger partial charge in [-0.15, -0.1) is 0 Å². The van der Waals surface area contributed by atoms with E-state index in [2.05, 4.69) is 0 Å². The minimum Gasteiger partial charge on any atom is -0.504 e. The molecule has 0 spiro atoms. The van der Waals surface area contributed by atoms with Crippen LogP contribution in [0.2, 0.25) is 0 Å². The van der Waals surface area contributed by atoms with E-state index in [0.717, 1.165) is 24.0 Å². The minimum absolute atomic E-state index is 0.0228. The van der Waals surface area contributed by atoms with Crippen molar-refractivity contribution in [1.29, 1.82) is 0 Å². The molecule has 0 atom stereocenters. The quantitative estimate of drug-likeness (QED) is 0.821. The summed E-state index contributed by atoms with van der Waals surface area (Å²) in [6, 6.07) is 3.98. The predicted octanol–water partition coefficient (Wildman–Crippen LogP) is 2.09. The summed E-state index contributed by atoms with van der Waals surface area (Å²) < 4.78 is 5.23. The lowest BCUT2D eigenvalue weighted by Gasteiger charge is -2.42. The largest absolute Gasteiger partial charge is 0.504 e. The van der Waals surface area contributed by atoms with Crippen molar-refractivity contribution in [1.82, 2.24) is 0 Å². The zero-order valence-electron chi connectivity index (χ0n) is 9.92. The summed E-state index contributed by atoms with van der Waals surface area (Å²) >= 11 is 0. The number of rotatable bonds is 3. The van der Waals surface area contributed by atoms with E-state index < -0.39 is 0 Å². The highest BCUT2D eigenvalue weighted by molar-refractivity contribution is 5.54. The van der Waals surface area contributed by atoms with E-state index in [-0.39, 0.29) is 11.2 Å². The number of aryl methyl sites for hydroxylation is 1. The summed E-state index contributed by atoms with van der Waals surface area (Å²) in [7, 11) is 1.59. The van der Waals surface area contributed by atoms with Crippen LogP contribution >= 0.6 is 0 Å². The maximum Gasteiger partial charge on any atom is 0.163 e. The molecule has 0 bridgehead atoms. The molecule has 88 valence electrons. The number of aromatic hydroxyl groups is 1. The third kappa shape index (κ3) is 1.47. The topological polar surface area (TPSA) is 55.5 Å². The van der Waals surface area contributed by atoms with E-state index in [0.29, 0.717) is 12.3 Å². The predicted molar refractivity (Wildman–Crippen MR) is 64.0 cm³/mol. The molecule has 0 amide bonds. The van der Waals surface area contributed by atoms with Crippen LogP contribution in [0.1, 0.15) is 30.4 Å². The first-order valence-corrected chi connectivity index (χ1v) is 5.72. The van der Waals surface area contributed by atoms with E-state index in [9.17, 15) is 5.11 Å². The summed E-state index contributed by atoms with van der Waals surface area (Å²) in [5, 5.41) is 10.2. The van der Waals surface area contributed by atoms with Gasteiger partial charge in [0.15, 0.2) is 11.5 Å². The van der Waals surface area contributed by atoms with Gasteiger partial charge in [0.2, 0.25) is 0 Å². The number of hydrogen-bond donors (Lipinski definition) is 2. The van der Waals surface area contributed by atoms with Gasteiger partial charge in [-0.05, 0) is 25.3 Å². The van der Waals surface area contributed by atoms with E-state index >= 15 is 0 Å². The number of hydrogen-bond acceptors (Lipinski definition) is 3. The number of phenolic OH excluding ortho intramolecular Hbond substituents is 1. The number of methoxy groups -OCH3 is 1. The molecule has 1 fully saturated rings. The van der Waals surface area contributed by atoms with Gasteiger partial charge in [-0.2, -0.15) is 0 Å². The molecule has 3 nitrogen and oxygen atoms in total. The maximum atomic E-state index is 10.2. The normalized spacial score (nSPS) is 17.9. The van der Waals surface area contributed by atoms with Gasteiger partial charge in [0.1, 0.15) is 0 Å². The highest BCUT2D eigenvalue weighted by atomic mass is 16.5. The van der Waals surface area contributed by atoms with Crippen molar-refractivity contribution in [3.63, 3.8) is 0 Å². The van der Waals surface area contributed by atoms with E-state index in [1.54, 1.807) is 7.11 Å². The Morgan fingerprint density at radius 2 is 2.12 bits per heavy atom. The van der Waals surface area contributed by atoms with Crippen LogP contribution in [-0.2, 0) is 5.41 Å². The van der Waals surface area contributed by atoms with Gasteiger partial charge < -0.3 is 15.6 Å². The second-order valence-corrected chi connectivity index (χ2v) is 4.65. The molecule has 0 radical (unpaired) electrons. The SMILES string of the molecule is COc1c(C)ccc(C2(CN)CCC2)c1O. The Labute approximate surface area is 96.2 Å². The Morgan fingerprint density at radius 3 is 2.56 bits per heavy atom. The van der Waals surface area contributed by atoms with Crippen LogP contribution in [0.4, 0.5) is 0 Å². The molecule has 3 heteroatoms. The summed E-state index contributed by atoms with van der Waals surface area (Å²) in [4.78, 5) is 0. The number of benzene rings is 1. The van der Waals surface area contributed by atoms with Crippen molar-refractivity contribution in [3.05, 3.63) is 23.3 Å². The minimum atomic E-state index is -0.0228. The molecular formula is C13H19NO2. The van der Waals surface area contributed by atoms with Gasteiger partial charge in [0.05, 0.1) is 7.11 Å². The molecule has 1 aliphatic rings. The smallest absolute Gasteiger partial charge is 0.163 e. The molecule has 0 unspecified atom stereocenters. The molecular weight excluding hydrogens is 202 g/mol. The lowest BCUT2D eigenvalue weighted by Crippen LogP contribution is -2.41. The van der Waals surface area contributed by atoms with Crippen molar-refractivity contribution in [2.75, 3.05) is 13.7 Å². The van der Waals surface area contributed by atoms with E-state index in [1.807, 2.05) is 19.1 Å². The molecule has 0 saturated heterocycles. The van der Waals surface area contributed by atoms with Crippen LogP contribution in [0.25, 0.3) is 0 Å². The summed E-state index contributed by atoms with van der Waals surface area (Å²) in [6.45, 7) is 2.52. The number of nitrogens with two attached hydrogens (primary N) is 1.